The molecule has 1 atom stereocenters. The molecule has 1 amide bonds. The lowest BCUT2D eigenvalue weighted by atomic mass is 10.1. The van der Waals surface area contributed by atoms with Gasteiger partial charge in [-0.1, -0.05) is 18.2 Å². The maximum Gasteiger partial charge on any atom is 0.328 e. The molecule has 1 unspecified atom stereocenters. The third-order valence-electron chi connectivity index (χ3n) is 2.43. The number of nitrogens with one attached hydrogen (secondary N) is 1. The van der Waals surface area contributed by atoms with E-state index in [1.807, 2.05) is 0 Å². The van der Waals surface area contributed by atoms with E-state index in [1.54, 1.807) is 30.3 Å². The summed E-state index contributed by atoms with van der Waals surface area (Å²) in [5.41, 5.74) is 0.390. The number of hydrogen-bond donors (Lipinski definition) is 1. The van der Waals surface area contributed by atoms with Crippen molar-refractivity contribution < 1.29 is 23.9 Å². The first-order valence-corrected chi connectivity index (χ1v) is 5.59. The Balaban J connectivity index is 2.74. The van der Waals surface area contributed by atoms with Gasteiger partial charge in [0, 0.05) is 5.56 Å². The number of carbonyl (C=O) groups excluding carboxylic acids is 3. The fourth-order valence-corrected chi connectivity index (χ4v) is 1.42. The highest BCUT2D eigenvalue weighted by Crippen LogP contribution is 2.02. The lowest BCUT2D eigenvalue weighted by Crippen LogP contribution is -2.43. The summed E-state index contributed by atoms with van der Waals surface area (Å²) in [6.07, 6.45) is -0.276. The average molecular weight is 265 g/mol. The van der Waals surface area contributed by atoms with Crippen molar-refractivity contribution in [3.05, 3.63) is 35.9 Å². The molecule has 6 nitrogen and oxygen atoms in total. The number of rotatable bonds is 5. The van der Waals surface area contributed by atoms with Crippen LogP contribution in [-0.2, 0) is 19.1 Å². The summed E-state index contributed by atoms with van der Waals surface area (Å²) in [7, 11) is 2.39. The minimum absolute atomic E-state index is 0.276. The highest BCUT2D eigenvalue weighted by atomic mass is 16.5. The third kappa shape index (κ3) is 4.42. The predicted molar refractivity (Wildman–Crippen MR) is 66.3 cm³/mol. The van der Waals surface area contributed by atoms with Gasteiger partial charge in [0.1, 0.15) is 6.04 Å². The van der Waals surface area contributed by atoms with Gasteiger partial charge in [-0.05, 0) is 12.1 Å². The maximum absolute atomic E-state index is 11.9. The Labute approximate surface area is 110 Å². The van der Waals surface area contributed by atoms with Crippen LogP contribution in [0, 0.1) is 0 Å². The Hall–Kier alpha value is -2.37. The third-order valence-corrected chi connectivity index (χ3v) is 2.43. The van der Waals surface area contributed by atoms with Gasteiger partial charge in [0.2, 0.25) is 0 Å². The second-order valence-electron chi connectivity index (χ2n) is 3.70. The van der Waals surface area contributed by atoms with Crippen molar-refractivity contribution in [2.75, 3.05) is 14.2 Å². The molecule has 0 saturated heterocycles. The molecule has 1 rings (SSSR count). The van der Waals surface area contributed by atoms with Gasteiger partial charge in [0.05, 0.1) is 20.6 Å². The second kappa shape index (κ2) is 7.15. The van der Waals surface area contributed by atoms with Crippen LogP contribution in [0.1, 0.15) is 16.8 Å². The van der Waals surface area contributed by atoms with Crippen LogP contribution in [0.25, 0.3) is 0 Å². The summed E-state index contributed by atoms with van der Waals surface area (Å²) in [5.74, 6) is -1.77. The molecule has 1 aromatic rings. The van der Waals surface area contributed by atoms with E-state index in [0.717, 1.165) is 0 Å². The quantitative estimate of drug-likeness (QED) is 0.785. The van der Waals surface area contributed by atoms with Gasteiger partial charge in [0.15, 0.2) is 0 Å². The minimum atomic E-state index is -1.06. The van der Waals surface area contributed by atoms with Crippen LogP contribution in [0.2, 0.25) is 0 Å². The van der Waals surface area contributed by atoms with E-state index in [9.17, 15) is 14.4 Å². The van der Waals surface area contributed by atoms with Crippen LogP contribution in [-0.4, -0.2) is 38.1 Å². The molecule has 0 spiro atoms. The molecule has 0 aliphatic rings. The van der Waals surface area contributed by atoms with Crippen LogP contribution in [0.15, 0.2) is 30.3 Å². The molecular weight excluding hydrogens is 250 g/mol. The van der Waals surface area contributed by atoms with Crippen molar-refractivity contribution in [1.82, 2.24) is 5.32 Å². The van der Waals surface area contributed by atoms with Crippen molar-refractivity contribution in [3.63, 3.8) is 0 Å². The Kier molecular flexibility index (Phi) is 5.53. The molecule has 0 aliphatic heterocycles. The van der Waals surface area contributed by atoms with E-state index < -0.39 is 23.9 Å². The van der Waals surface area contributed by atoms with Gasteiger partial charge in [-0.2, -0.15) is 0 Å². The number of esters is 2. The molecular formula is C13H15NO5. The van der Waals surface area contributed by atoms with Crippen LogP contribution in [0.5, 0.6) is 0 Å². The number of hydrogen-bond acceptors (Lipinski definition) is 5. The Morgan fingerprint density at radius 1 is 1.11 bits per heavy atom. The van der Waals surface area contributed by atoms with Crippen molar-refractivity contribution in [2.24, 2.45) is 0 Å². The van der Waals surface area contributed by atoms with E-state index in [4.69, 9.17) is 0 Å². The van der Waals surface area contributed by atoms with Crippen LogP contribution in [0.3, 0.4) is 0 Å². The maximum atomic E-state index is 11.9. The van der Waals surface area contributed by atoms with Gasteiger partial charge >= 0.3 is 11.9 Å². The van der Waals surface area contributed by atoms with Gasteiger partial charge in [-0.25, -0.2) is 4.79 Å². The smallest absolute Gasteiger partial charge is 0.328 e. The molecule has 0 radical (unpaired) electrons. The highest BCUT2D eigenvalue weighted by Gasteiger charge is 2.25. The molecule has 0 aromatic heterocycles. The monoisotopic (exact) mass is 265 g/mol. The Bertz CT molecular complexity index is 457. The van der Waals surface area contributed by atoms with Crippen molar-refractivity contribution in [3.8, 4) is 0 Å². The average Bonchev–Trinajstić information content (AvgIpc) is 2.46. The molecule has 0 bridgehead atoms. The highest BCUT2D eigenvalue weighted by molar-refractivity contribution is 5.97. The molecule has 1 aromatic carbocycles. The first kappa shape index (κ1) is 14.7. The number of benzene rings is 1. The summed E-state index contributed by atoms with van der Waals surface area (Å²) in [4.78, 5) is 34.5. The van der Waals surface area contributed by atoms with Crippen LogP contribution < -0.4 is 5.32 Å². The molecule has 102 valence electrons. The topological polar surface area (TPSA) is 81.7 Å². The molecule has 0 aliphatic carbocycles. The molecule has 0 heterocycles. The lowest BCUT2D eigenvalue weighted by molar-refractivity contribution is -0.149. The van der Waals surface area contributed by atoms with E-state index in [-0.39, 0.29) is 6.42 Å². The first-order chi connectivity index (χ1) is 9.08. The van der Waals surface area contributed by atoms with E-state index >= 15 is 0 Å². The lowest BCUT2D eigenvalue weighted by Gasteiger charge is -2.15. The molecule has 6 heteroatoms. The number of carbonyl (C=O) groups is 3. The summed E-state index contributed by atoms with van der Waals surface area (Å²) in [6, 6.07) is 7.29. The fraction of sp³-hybridized carbons (Fsp3) is 0.308. The van der Waals surface area contributed by atoms with Crippen molar-refractivity contribution in [2.45, 2.75) is 12.5 Å². The molecule has 19 heavy (non-hydrogen) atoms. The minimum Gasteiger partial charge on any atom is -0.469 e. The van der Waals surface area contributed by atoms with E-state index in [2.05, 4.69) is 14.8 Å². The number of ether oxygens (including phenoxy) is 2. The zero-order chi connectivity index (χ0) is 14.3. The summed E-state index contributed by atoms with van der Waals surface area (Å²) in [5, 5.41) is 2.43. The van der Waals surface area contributed by atoms with E-state index in [1.165, 1.54) is 14.2 Å². The number of methoxy groups -OCH3 is 2. The first-order valence-electron chi connectivity index (χ1n) is 5.59. The van der Waals surface area contributed by atoms with Gasteiger partial charge in [0.25, 0.3) is 5.91 Å². The predicted octanol–water partition coefficient (Wildman–Crippen LogP) is 0.521. The standard InChI is InChI=1S/C13H15NO5/c1-18-11(15)8-10(13(17)19-2)14-12(16)9-6-4-3-5-7-9/h3-7,10H,8H2,1-2H3,(H,14,16). The molecule has 0 saturated carbocycles. The summed E-state index contributed by atoms with van der Waals surface area (Å²) < 4.78 is 9.00. The SMILES string of the molecule is COC(=O)CC(NC(=O)c1ccccc1)C(=O)OC. The Morgan fingerprint density at radius 2 is 1.74 bits per heavy atom. The van der Waals surface area contributed by atoms with Gasteiger partial charge in [-0.15, -0.1) is 0 Å². The second-order valence-corrected chi connectivity index (χ2v) is 3.70. The van der Waals surface area contributed by atoms with Crippen LogP contribution >= 0.6 is 0 Å². The normalized spacial score (nSPS) is 11.3. The zero-order valence-electron chi connectivity index (χ0n) is 10.7. The largest absolute Gasteiger partial charge is 0.469 e. The molecule has 1 N–H and O–H groups in total. The van der Waals surface area contributed by atoms with Gasteiger partial charge in [-0.3, -0.25) is 9.59 Å². The fourth-order valence-electron chi connectivity index (χ4n) is 1.42. The Morgan fingerprint density at radius 3 is 2.26 bits per heavy atom. The number of amides is 1. The van der Waals surface area contributed by atoms with Crippen LogP contribution in [0.4, 0.5) is 0 Å². The molecule has 0 fully saturated rings. The van der Waals surface area contributed by atoms with Crippen molar-refractivity contribution in [1.29, 1.82) is 0 Å². The van der Waals surface area contributed by atoms with Crippen molar-refractivity contribution >= 4 is 17.8 Å². The summed E-state index contributed by atoms with van der Waals surface area (Å²) in [6.45, 7) is 0. The van der Waals surface area contributed by atoms with E-state index in [0.29, 0.717) is 5.56 Å². The van der Waals surface area contributed by atoms with Gasteiger partial charge < -0.3 is 14.8 Å². The zero-order valence-corrected chi connectivity index (χ0v) is 10.7. The summed E-state index contributed by atoms with van der Waals surface area (Å²) >= 11 is 0.